The molecule has 0 saturated carbocycles. The van der Waals surface area contributed by atoms with Crippen molar-refractivity contribution in [2.75, 3.05) is 19.7 Å². The maximum atomic E-state index is 12.8. The predicted molar refractivity (Wildman–Crippen MR) is 72.2 cm³/mol. The average molecular weight is 304 g/mol. The van der Waals surface area contributed by atoms with E-state index in [1.807, 2.05) is 0 Å². The molecule has 2 aliphatic rings. The minimum atomic E-state index is -1.93. The summed E-state index contributed by atoms with van der Waals surface area (Å²) >= 11 is 6.93. The van der Waals surface area contributed by atoms with Crippen LogP contribution in [0, 0.1) is 0 Å². The molecule has 3 rings (SSSR count). The number of hydrogen-bond acceptors (Lipinski definition) is 3. The van der Waals surface area contributed by atoms with Crippen LogP contribution in [0.2, 0.25) is 0 Å². The van der Waals surface area contributed by atoms with Gasteiger partial charge in [0.05, 0.1) is 6.61 Å². The van der Waals surface area contributed by atoms with Gasteiger partial charge in [0.1, 0.15) is 5.60 Å². The first-order chi connectivity index (χ1) is 9.12. The number of alkyl halides is 2. The molecule has 1 aromatic heterocycles. The van der Waals surface area contributed by atoms with E-state index in [1.165, 1.54) is 15.3 Å². The second kappa shape index (κ2) is 5.04. The number of amides is 1. The fourth-order valence-electron chi connectivity index (χ4n) is 2.95. The van der Waals surface area contributed by atoms with Crippen LogP contribution in [0.4, 0.5) is 4.39 Å². The van der Waals surface area contributed by atoms with Crippen molar-refractivity contribution in [3.05, 3.63) is 21.9 Å². The van der Waals surface area contributed by atoms with E-state index >= 15 is 0 Å². The van der Waals surface area contributed by atoms with Gasteiger partial charge in [-0.2, -0.15) is 0 Å². The van der Waals surface area contributed by atoms with Crippen molar-refractivity contribution in [1.82, 2.24) is 4.90 Å². The van der Waals surface area contributed by atoms with Crippen molar-refractivity contribution in [2.24, 2.45) is 0 Å². The third-order valence-electron chi connectivity index (χ3n) is 3.98. The van der Waals surface area contributed by atoms with Crippen molar-refractivity contribution < 1.29 is 13.9 Å². The lowest BCUT2D eigenvalue weighted by Gasteiger charge is -2.43. The monoisotopic (exact) mass is 303 g/mol. The Morgan fingerprint density at radius 2 is 2.26 bits per heavy atom. The summed E-state index contributed by atoms with van der Waals surface area (Å²) in [5, 5.41) is 2.09. The zero-order valence-electron chi connectivity index (χ0n) is 10.4. The van der Waals surface area contributed by atoms with Gasteiger partial charge in [0.25, 0.3) is 11.5 Å². The highest BCUT2D eigenvalue weighted by molar-refractivity contribution is 7.10. The summed E-state index contributed by atoms with van der Waals surface area (Å²) in [4.78, 5) is 14.3. The van der Waals surface area contributed by atoms with Gasteiger partial charge >= 0.3 is 0 Å². The van der Waals surface area contributed by atoms with E-state index in [2.05, 4.69) is 11.4 Å². The lowest BCUT2D eigenvalue weighted by Crippen LogP contribution is -2.49. The number of carbonyl (C=O) groups is 1. The first-order valence-electron chi connectivity index (χ1n) is 6.40. The van der Waals surface area contributed by atoms with Crippen LogP contribution in [-0.2, 0) is 21.6 Å². The lowest BCUT2D eigenvalue weighted by molar-refractivity contribution is -0.142. The van der Waals surface area contributed by atoms with Crippen LogP contribution >= 0.6 is 22.9 Å². The first kappa shape index (κ1) is 13.3. The van der Waals surface area contributed by atoms with Gasteiger partial charge in [-0.25, -0.2) is 4.39 Å². The smallest absolute Gasteiger partial charge is 0.272 e. The Kier molecular flexibility index (Phi) is 3.53. The van der Waals surface area contributed by atoms with Crippen LogP contribution in [0.1, 0.15) is 23.3 Å². The van der Waals surface area contributed by atoms with E-state index in [0.29, 0.717) is 13.1 Å². The molecule has 0 bridgehead atoms. The Balaban J connectivity index is 1.76. The van der Waals surface area contributed by atoms with E-state index in [-0.39, 0.29) is 5.60 Å². The molecule has 0 aromatic carbocycles. The Hall–Kier alpha value is -0.650. The number of rotatable bonds is 1. The molecule has 19 heavy (non-hydrogen) atoms. The molecule has 1 spiro atoms. The van der Waals surface area contributed by atoms with Crippen molar-refractivity contribution in [3.8, 4) is 0 Å². The van der Waals surface area contributed by atoms with Gasteiger partial charge in [0.2, 0.25) is 0 Å². The van der Waals surface area contributed by atoms with Crippen LogP contribution in [0.3, 0.4) is 0 Å². The van der Waals surface area contributed by atoms with Crippen LogP contribution in [0.15, 0.2) is 11.4 Å². The standard InChI is InChI=1S/C13H15ClFNO2S/c14-11(15)12(17)16-5-3-13(4-6-16)10-9(1-7-18-13)2-8-19-10/h2,8,11H,1,3-7H2. The highest BCUT2D eigenvalue weighted by Gasteiger charge is 2.43. The number of nitrogens with zero attached hydrogens (tertiary/aromatic N) is 1. The van der Waals surface area contributed by atoms with Crippen LogP contribution in [0.5, 0.6) is 0 Å². The summed E-state index contributed by atoms with van der Waals surface area (Å²) in [5.74, 6) is -0.626. The number of thiophene rings is 1. The van der Waals surface area contributed by atoms with Gasteiger partial charge in [-0.15, -0.1) is 11.3 Å². The summed E-state index contributed by atoms with van der Waals surface area (Å²) < 4.78 is 18.9. The van der Waals surface area contributed by atoms with E-state index in [4.69, 9.17) is 16.3 Å². The zero-order chi connectivity index (χ0) is 13.5. The van der Waals surface area contributed by atoms with E-state index < -0.39 is 11.5 Å². The number of hydrogen-bond donors (Lipinski definition) is 0. The fourth-order valence-corrected chi connectivity index (χ4v) is 4.26. The molecule has 1 amide bonds. The molecule has 1 fully saturated rings. The van der Waals surface area contributed by atoms with Crippen molar-refractivity contribution in [3.63, 3.8) is 0 Å². The first-order valence-corrected chi connectivity index (χ1v) is 7.72. The largest absolute Gasteiger partial charge is 0.369 e. The van der Waals surface area contributed by atoms with Gasteiger partial charge < -0.3 is 9.64 Å². The van der Waals surface area contributed by atoms with Crippen LogP contribution < -0.4 is 0 Å². The fraction of sp³-hybridized carbons (Fsp3) is 0.615. The van der Waals surface area contributed by atoms with Gasteiger partial charge in [-0.05, 0) is 36.3 Å². The van der Waals surface area contributed by atoms with E-state index in [0.717, 1.165) is 25.9 Å². The molecular weight excluding hydrogens is 289 g/mol. The Morgan fingerprint density at radius 1 is 1.53 bits per heavy atom. The number of likely N-dealkylation sites (tertiary alicyclic amines) is 1. The number of ether oxygens (including phenoxy) is 1. The highest BCUT2D eigenvalue weighted by Crippen LogP contribution is 2.44. The summed E-state index contributed by atoms with van der Waals surface area (Å²) in [5.41, 5.74) is -0.841. The molecule has 2 aliphatic heterocycles. The second-order valence-electron chi connectivity index (χ2n) is 4.99. The topological polar surface area (TPSA) is 29.5 Å². The molecule has 3 heterocycles. The van der Waals surface area contributed by atoms with Crippen LogP contribution in [-0.4, -0.2) is 36.1 Å². The minimum Gasteiger partial charge on any atom is -0.369 e. The number of carbonyl (C=O) groups excluding carboxylic acids is 1. The number of fused-ring (bicyclic) bond motifs is 2. The Bertz CT molecular complexity index is 483. The quantitative estimate of drug-likeness (QED) is 0.747. The molecule has 104 valence electrons. The maximum Gasteiger partial charge on any atom is 0.272 e. The summed E-state index contributed by atoms with van der Waals surface area (Å²) in [6.45, 7) is 1.73. The van der Waals surface area contributed by atoms with Crippen LogP contribution in [0.25, 0.3) is 0 Å². The van der Waals surface area contributed by atoms with Gasteiger partial charge in [0.15, 0.2) is 0 Å². The molecule has 1 saturated heterocycles. The molecule has 1 atom stereocenters. The van der Waals surface area contributed by atoms with Crippen molar-refractivity contribution in [1.29, 1.82) is 0 Å². The molecule has 1 unspecified atom stereocenters. The third-order valence-corrected chi connectivity index (χ3v) is 5.31. The van der Waals surface area contributed by atoms with E-state index in [9.17, 15) is 9.18 Å². The summed E-state index contributed by atoms with van der Waals surface area (Å²) in [6, 6.07) is 2.15. The third kappa shape index (κ3) is 2.28. The molecule has 6 heteroatoms. The number of halogens is 2. The maximum absolute atomic E-state index is 12.8. The molecule has 1 aromatic rings. The highest BCUT2D eigenvalue weighted by atomic mass is 35.5. The molecule has 0 N–H and O–H groups in total. The minimum absolute atomic E-state index is 0.267. The zero-order valence-corrected chi connectivity index (χ0v) is 12.0. The molecule has 3 nitrogen and oxygen atoms in total. The predicted octanol–water partition coefficient (Wildman–Crippen LogP) is 2.67. The normalized spacial score (nSPS) is 23.2. The molecule has 0 radical (unpaired) electrons. The van der Waals surface area contributed by atoms with Crippen molar-refractivity contribution in [2.45, 2.75) is 30.5 Å². The molecule has 0 aliphatic carbocycles. The van der Waals surface area contributed by atoms with Gasteiger partial charge in [-0.1, -0.05) is 11.6 Å². The van der Waals surface area contributed by atoms with E-state index in [1.54, 1.807) is 11.3 Å². The van der Waals surface area contributed by atoms with Crippen molar-refractivity contribution >= 4 is 28.8 Å². The lowest BCUT2D eigenvalue weighted by atomic mass is 9.85. The summed E-state index contributed by atoms with van der Waals surface area (Å²) in [6.07, 6.45) is 2.39. The summed E-state index contributed by atoms with van der Waals surface area (Å²) in [7, 11) is 0. The Labute approximate surface area is 120 Å². The van der Waals surface area contributed by atoms with Gasteiger partial charge in [-0.3, -0.25) is 4.79 Å². The second-order valence-corrected chi connectivity index (χ2v) is 6.29. The number of piperidine rings is 1. The van der Waals surface area contributed by atoms with Gasteiger partial charge in [0, 0.05) is 18.0 Å². The molecular formula is C13H15ClFNO2S. The Morgan fingerprint density at radius 3 is 2.95 bits per heavy atom. The SMILES string of the molecule is O=C(C(F)Cl)N1CCC2(CC1)OCCc1ccsc12. The average Bonchev–Trinajstić information content (AvgIpc) is 2.89.